The molecule has 0 radical (unpaired) electrons. The van der Waals surface area contributed by atoms with Crippen LogP contribution < -0.4 is 5.73 Å². The number of hydrogen-bond donors (Lipinski definition) is 3. The van der Waals surface area contributed by atoms with Crippen LogP contribution in [0.25, 0.3) is 0 Å². The van der Waals surface area contributed by atoms with Gasteiger partial charge in [0.15, 0.2) is 0 Å². The maximum Gasteiger partial charge on any atom is 0.305 e. The third-order valence-corrected chi connectivity index (χ3v) is 2.75. The summed E-state index contributed by atoms with van der Waals surface area (Å²) < 4.78 is 0. The fourth-order valence-corrected chi connectivity index (χ4v) is 1.63. The molecule has 4 N–H and O–H groups in total. The second kappa shape index (κ2) is 6.75. The van der Waals surface area contributed by atoms with Gasteiger partial charge in [0.2, 0.25) is 5.91 Å². The molecular weight excluding hydrogens is 248 g/mol. The predicted octanol–water partition coefficient (Wildman–Crippen LogP) is 0.195. The molecule has 104 valence electrons. The standard InChI is InChI=1S/C13H18N2O4/c1-15(7-6-12(17)18)13(19)11(14)8-9-2-4-10(16)5-3-9/h2-5,11,16H,6-8,14H2,1H3,(H,17,18)/t11-/m1/s1. The van der Waals surface area contributed by atoms with Gasteiger partial charge in [-0.25, -0.2) is 0 Å². The van der Waals surface area contributed by atoms with E-state index in [1.807, 2.05) is 0 Å². The van der Waals surface area contributed by atoms with Crippen molar-refractivity contribution in [1.29, 1.82) is 0 Å². The minimum absolute atomic E-state index is 0.103. The Labute approximate surface area is 111 Å². The third-order valence-electron chi connectivity index (χ3n) is 2.75. The fourth-order valence-electron chi connectivity index (χ4n) is 1.63. The SMILES string of the molecule is CN(CCC(=O)O)C(=O)[C@H](N)Cc1ccc(O)cc1. The molecule has 0 aliphatic rings. The van der Waals surface area contributed by atoms with Gasteiger partial charge in [-0.05, 0) is 24.1 Å². The number of aromatic hydroxyl groups is 1. The summed E-state index contributed by atoms with van der Waals surface area (Å²) >= 11 is 0. The van der Waals surface area contributed by atoms with E-state index in [9.17, 15) is 9.59 Å². The Morgan fingerprint density at radius 1 is 1.32 bits per heavy atom. The molecule has 6 heteroatoms. The normalized spacial score (nSPS) is 11.9. The Balaban J connectivity index is 2.52. The van der Waals surface area contributed by atoms with Crippen LogP contribution in [-0.4, -0.2) is 46.6 Å². The molecule has 0 saturated carbocycles. The van der Waals surface area contributed by atoms with E-state index in [2.05, 4.69) is 0 Å². The Hall–Kier alpha value is -2.08. The molecule has 0 fully saturated rings. The van der Waals surface area contributed by atoms with Crippen LogP contribution in [0.1, 0.15) is 12.0 Å². The Morgan fingerprint density at radius 3 is 2.42 bits per heavy atom. The lowest BCUT2D eigenvalue weighted by Gasteiger charge is -2.20. The highest BCUT2D eigenvalue weighted by Crippen LogP contribution is 2.11. The first-order valence-electron chi connectivity index (χ1n) is 5.90. The van der Waals surface area contributed by atoms with Crippen LogP contribution in [0.3, 0.4) is 0 Å². The smallest absolute Gasteiger partial charge is 0.305 e. The number of carboxylic acid groups (broad SMARTS) is 1. The van der Waals surface area contributed by atoms with Gasteiger partial charge in [0.1, 0.15) is 5.75 Å². The van der Waals surface area contributed by atoms with E-state index < -0.39 is 12.0 Å². The minimum atomic E-state index is -0.952. The predicted molar refractivity (Wildman–Crippen MR) is 69.7 cm³/mol. The van der Waals surface area contributed by atoms with E-state index in [1.165, 1.54) is 24.1 Å². The lowest BCUT2D eigenvalue weighted by Crippen LogP contribution is -2.43. The van der Waals surface area contributed by atoms with Crippen molar-refractivity contribution in [3.8, 4) is 5.75 Å². The van der Waals surface area contributed by atoms with Crippen molar-refractivity contribution in [2.24, 2.45) is 5.73 Å². The number of amides is 1. The average molecular weight is 266 g/mol. The molecule has 0 aliphatic carbocycles. The average Bonchev–Trinajstić information content (AvgIpc) is 2.37. The topological polar surface area (TPSA) is 104 Å². The number of nitrogens with zero attached hydrogens (tertiary/aromatic N) is 1. The molecule has 0 heterocycles. The molecule has 0 unspecified atom stereocenters. The number of benzene rings is 1. The summed E-state index contributed by atoms with van der Waals surface area (Å²) in [6.45, 7) is 0.136. The molecule has 6 nitrogen and oxygen atoms in total. The zero-order valence-corrected chi connectivity index (χ0v) is 10.7. The Kier molecular flexibility index (Phi) is 5.32. The van der Waals surface area contributed by atoms with E-state index >= 15 is 0 Å². The molecule has 0 aromatic heterocycles. The van der Waals surface area contributed by atoms with Crippen molar-refractivity contribution in [1.82, 2.24) is 4.90 Å². The number of likely N-dealkylation sites (N-methyl/N-ethyl adjacent to an activating group) is 1. The quantitative estimate of drug-likeness (QED) is 0.682. The van der Waals surface area contributed by atoms with Crippen molar-refractivity contribution in [3.05, 3.63) is 29.8 Å². The molecule has 19 heavy (non-hydrogen) atoms. The molecular formula is C13H18N2O4. The number of carbonyl (C=O) groups is 2. The second-order valence-corrected chi connectivity index (χ2v) is 4.38. The lowest BCUT2D eigenvalue weighted by atomic mass is 10.1. The van der Waals surface area contributed by atoms with Crippen LogP contribution in [0.2, 0.25) is 0 Å². The van der Waals surface area contributed by atoms with Crippen LogP contribution in [0.4, 0.5) is 0 Å². The van der Waals surface area contributed by atoms with Crippen molar-refractivity contribution in [3.63, 3.8) is 0 Å². The molecule has 1 rings (SSSR count). The zero-order chi connectivity index (χ0) is 14.4. The molecule has 0 spiro atoms. The molecule has 1 aromatic rings. The summed E-state index contributed by atoms with van der Waals surface area (Å²) in [6.07, 6.45) is 0.241. The van der Waals surface area contributed by atoms with E-state index in [0.29, 0.717) is 6.42 Å². The van der Waals surface area contributed by atoms with Gasteiger partial charge in [-0.3, -0.25) is 9.59 Å². The highest BCUT2D eigenvalue weighted by atomic mass is 16.4. The summed E-state index contributed by atoms with van der Waals surface area (Å²) in [7, 11) is 1.53. The molecule has 1 aromatic carbocycles. The van der Waals surface area contributed by atoms with Gasteiger partial charge >= 0.3 is 5.97 Å². The summed E-state index contributed by atoms with van der Waals surface area (Å²) in [5.74, 6) is -1.09. The number of carboxylic acids is 1. The maximum atomic E-state index is 11.9. The number of phenols is 1. The molecule has 0 saturated heterocycles. The van der Waals surface area contributed by atoms with Gasteiger partial charge in [-0.2, -0.15) is 0 Å². The second-order valence-electron chi connectivity index (χ2n) is 4.38. The largest absolute Gasteiger partial charge is 0.508 e. The van der Waals surface area contributed by atoms with Gasteiger partial charge in [-0.1, -0.05) is 12.1 Å². The zero-order valence-electron chi connectivity index (χ0n) is 10.7. The molecule has 1 atom stereocenters. The minimum Gasteiger partial charge on any atom is -0.508 e. The summed E-state index contributed by atoms with van der Waals surface area (Å²) in [6, 6.07) is 5.73. The van der Waals surface area contributed by atoms with Gasteiger partial charge in [0, 0.05) is 13.6 Å². The Bertz CT molecular complexity index is 444. The van der Waals surface area contributed by atoms with Crippen LogP contribution in [0.15, 0.2) is 24.3 Å². The first-order chi connectivity index (χ1) is 8.90. The van der Waals surface area contributed by atoms with Crippen molar-refractivity contribution < 1.29 is 19.8 Å². The molecule has 0 bridgehead atoms. The fraction of sp³-hybridized carbons (Fsp3) is 0.385. The van der Waals surface area contributed by atoms with Gasteiger partial charge in [0.05, 0.1) is 12.5 Å². The number of hydrogen-bond acceptors (Lipinski definition) is 4. The maximum absolute atomic E-state index is 11.9. The van der Waals surface area contributed by atoms with E-state index in [1.54, 1.807) is 12.1 Å². The van der Waals surface area contributed by atoms with Gasteiger partial charge < -0.3 is 20.8 Å². The van der Waals surface area contributed by atoms with Crippen LogP contribution in [-0.2, 0) is 16.0 Å². The van der Waals surface area contributed by atoms with E-state index in [-0.39, 0.29) is 24.6 Å². The summed E-state index contributed by atoms with van der Waals surface area (Å²) in [5, 5.41) is 17.7. The number of nitrogens with two attached hydrogens (primary N) is 1. The lowest BCUT2D eigenvalue weighted by molar-refractivity contribution is -0.138. The van der Waals surface area contributed by atoms with Crippen LogP contribution in [0.5, 0.6) is 5.75 Å². The first kappa shape index (κ1) is 15.0. The van der Waals surface area contributed by atoms with Gasteiger partial charge in [0.25, 0.3) is 0 Å². The molecule has 1 amide bonds. The molecule has 0 aliphatic heterocycles. The monoisotopic (exact) mass is 266 g/mol. The van der Waals surface area contributed by atoms with Crippen LogP contribution in [0, 0.1) is 0 Å². The van der Waals surface area contributed by atoms with Crippen molar-refractivity contribution in [2.45, 2.75) is 18.9 Å². The highest BCUT2D eigenvalue weighted by Gasteiger charge is 2.18. The van der Waals surface area contributed by atoms with Crippen molar-refractivity contribution >= 4 is 11.9 Å². The number of aliphatic carboxylic acids is 1. The van der Waals surface area contributed by atoms with E-state index in [0.717, 1.165) is 5.56 Å². The first-order valence-corrected chi connectivity index (χ1v) is 5.90. The highest BCUT2D eigenvalue weighted by molar-refractivity contribution is 5.82. The van der Waals surface area contributed by atoms with Gasteiger partial charge in [-0.15, -0.1) is 0 Å². The summed E-state index contributed by atoms with van der Waals surface area (Å²) in [4.78, 5) is 23.6. The Morgan fingerprint density at radius 2 is 1.89 bits per heavy atom. The number of carbonyl (C=O) groups excluding carboxylic acids is 1. The third kappa shape index (κ3) is 4.97. The van der Waals surface area contributed by atoms with Crippen molar-refractivity contribution in [2.75, 3.05) is 13.6 Å². The van der Waals surface area contributed by atoms with E-state index in [4.69, 9.17) is 15.9 Å². The number of rotatable bonds is 6. The van der Waals surface area contributed by atoms with Crippen LogP contribution >= 0.6 is 0 Å². The summed E-state index contributed by atoms with van der Waals surface area (Å²) in [5.41, 5.74) is 6.63. The number of phenolic OH excluding ortho intramolecular Hbond substituents is 1.